The Morgan fingerprint density at radius 2 is 2.47 bits per heavy atom. The van der Waals surface area contributed by atoms with Crippen LogP contribution in [0.15, 0.2) is 23.6 Å². The molecule has 2 N–H and O–H groups in total. The fourth-order valence-corrected chi connectivity index (χ4v) is 2.14. The Morgan fingerprint density at radius 1 is 1.60 bits per heavy atom. The number of aromatic nitrogens is 1. The topological polar surface area (TPSA) is 42.1 Å². The summed E-state index contributed by atoms with van der Waals surface area (Å²) in [5.74, 6) is 0. The lowest BCUT2D eigenvalue weighted by Gasteiger charge is -2.26. The van der Waals surface area contributed by atoms with Crippen molar-refractivity contribution in [2.75, 3.05) is 19.3 Å². The molecule has 2 rings (SSSR count). The highest BCUT2D eigenvalue weighted by atomic mass is 32.1. The molecule has 0 saturated heterocycles. The van der Waals surface area contributed by atoms with Crippen LogP contribution in [0.3, 0.4) is 0 Å². The van der Waals surface area contributed by atoms with Crippen molar-refractivity contribution in [3.63, 3.8) is 0 Å². The SMILES string of the molecule is CN1CC=CCC1/C=C/c1csc(N)n1. The third kappa shape index (κ3) is 2.67. The van der Waals surface area contributed by atoms with E-state index in [2.05, 4.69) is 35.2 Å². The van der Waals surface area contributed by atoms with Crippen LogP contribution >= 0.6 is 11.3 Å². The number of rotatable bonds is 2. The zero-order chi connectivity index (χ0) is 10.7. The maximum absolute atomic E-state index is 5.57. The Hall–Kier alpha value is -1.13. The van der Waals surface area contributed by atoms with Crippen LogP contribution in [0, 0.1) is 0 Å². The quantitative estimate of drug-likeness (QED) is 0.777. The first-order chi connectivity index (χ1) is 7.25. The molecule has 2 heterocycles. The maximum Gasteiger partial charge on any atom is 0.180 e. The van der Waals surface area contributed by atoms with Gasteiger partial charge in [0.25, 0.3) is 0 Å². The summed E-state index contributed by atoms with van der Waals surface area (Å²) in [6.07, 6.45) is 9.74. The van der Waals surface area contributed by atoms with E-state index >= 15 is 0 Å². The van der Waals surface area contributed by atoms with Crippen molar-refractivity contribution >= 4 is 22.5 Å². The summed E-state index contributed by atoms with van der Waals surface area (Å²) < 4.78 is 0. The van der Waals surface area contributed by atoms with Crippen molar-refractivity contribution in [2.24, 2.45) is 0 Å². The fraction of sp³-hybridized carbons (Fsp3) is 0.364. The van der Waals surface area contributed by atoms with Crippen molar-refractivity contribution in [1.82, 2.24) is 9.88 Å². The Morgan fingerprint density at radius 3 is 3.13 bits per heavy atom. The normalized spacial score (nSPS) is 22.6. The van der Waals surface area contributed by atoms with Crippen LogP contribution in [-0.2, 0) is 0 Å². The molecule has 80 valence electrons. The van der Waals surface area contributed by atoms with Crippen LogP contribution < -0.4 is 5.73 Å². The summed E-state index contributed by atoms with van der Waals surface area (Å²) in [7, 11) is 2.13. The molecule has 1 unspecified atom stereocenters. The van der Waals surface area contributed by atoms with Crippen LogP contribution in [0.1, 0.15) is 12.1 Å². The summed E-state index contributed by atoms with van der Waals surface area (Å²) in [5.41, 5.74) is 6.53. The molecule has 1 aliphatic heterocycles. The van der Waals surface area contributed by atoms with E-state index in [0.717, 1.165) is 18.7 Å². The summed E-state index contributed by atoms with van der Waals surface area (Å²) in [4.78, 5) is 6.50. The van der Waals surface area contributed by atoms with Gasteiger partial charge in [0.05, 0.1) is 5.69 Å². The van der Waals surface area contributed by atoms with Crippen LogP contribution in [0.4, 0.5) is 5.13 Å². The third-order valence-corrected chi connectivity index (χ3v) is 3.22. The predicted molar refractivity (Wildman–Crippen MR) is 65.7 cm³/mol. The minimum atomic E-state index is 0.484. The summed E-state index contributed by atoms with van der Waals surface area (Å²) in [6.45, 7) is 1.02. The van der Waals surface area contributed by atoms with Gasteiger partial charge in [-0.05, 0) is 19.5 Å². The number of hydrogen-bond acceptors (Lipinski definition) is 4. The van der Waals surface area contributed by atoms with Gasteiger partial charge in [0.2, 0.25) is 0 Å². The summed E-state index contributed by atoms with van der Waals surface area (Å²) in [6, 6.07) is 0.484. The molecule has 1 aliphatic rings. The zero-order valence-corrected chi connectivity index (χ0v) is 9.57. The number of likely N-dealkylation sites (N-methyl/N-ethyl adjacent to an activating group) is 1. The standard InChI is InChI=1S/C11H15N3S/c1-14-7-3-2-4-10(14)6-5-9-8-15-11(12)13-9/h2-3,5-6,8,10H,4,7H2,1H3,(H2,12,13)/b6-5+. The van der Waals surface area contributed by atoms with Crippen LogP contribution in [0.5, 0.6) is 0 Å². The van der Waals surface area contributed by atoms with E-state index < -0.39 is 0 Å². The van der Waals surface area contributed by atoms with Crippen LogP contribution in [0.25, 0.3) is 6.08 Å². The molecule has 1 atom stereocenters. The third-order valence-electron chi connectivity index (χ3n) is 2.53. The number of nitrogens with zero attached hydrogens (tertiary/aromatic N) is 2. The molecule has 0 amide bonds. The van der Waals surface area contributed by atoms with Gasteiger partial charge < -0.3 is 5.73 Å². The molecule has 1 aromatic heterocycles. The van der Waals surface area contributed by atoms with E-state index in [1.54, 1.807) is 0 Å². The second kappa shape index (κ2) is 4.59. The summed E-state index contributed by atoms with van der Waals surface area (Å²) >= 11 is 1.48. The molecule has 15 heavy (non-hydrogen) atoms. The lowest BCUT2D eigenvalue weighted by atomic mass is 10.1. The van der Waals surface area contributed by atoms with E-state index in [1.165, 1.54) is 11.3 Å². The van der Waals surface area contributed by atoms with Gasteiger partial charge in [0, 0.05) is 18.0 Å². The Kier molecular flexibility index (Phi) is 3.18. The smallest absolute Gasteiger partial charge is 0.180 e. The molecule has 0 saturated carbocycles. The molecule has 0 radical (unpaired) electrons. The molecule has 0 spiro atoms. The molecular formula is C11H15N3S. The fourth-order valence-electron chi connectivity index (χ4n) is 1.60. The molecular weight excluding hydrogens is 206 g/mol. The first-order valence-corrected chi connectivity index (χ1v) is 5.88. The van der Waals surface area contributed by atoms with E-state index in [4.69, 9.17) is 5.73 Å². The van der Waals surface area contributed by atoms with Crippen LogP contribution in [0.2, 0.25) is 0 Å². The molecule has 1 aromatic rings. The molecule has 0 aromatic carbocycles. The lowest BCUT2D eigenvalue weighted by Crippen LogP contribution is -2.32. The number of thiazole rings is 1. The number of nitrogens with two attached hydrogens (primary N) is 1. The van der Waals surface area contributed by atoms with Gasteiger partial charge in [-0.15, -0.1) is 11.3 Å². The number of nitrogen functional groups attached to an aromatic ring is 1. The monoisotopic (exact) mass is 221 g/mol. The second-order valence-corrected chi connectivity index (χ2v) is 4.57. The highest BCUT2D eigenvalue weighted by Crippen LogP contribution is 2.15. The Bertz CT molecular complexity index is 381. The highest BCUT2D eigenvalue weighted by molar-refractivity contribution is 7.13. The largest absolute Gasteiger partial charge is 0.375 e. The first kappa shape index (κ1) is 10.4. The number of hydrogen-bond donors (Lipinski definition) is 1. The van der Waals surface area contributed by atoms with Crippen molar-refractivity contribution < 1.29 is 0 Å². The molecule has 0 fully saturated rings. The lowest BCUT2D eigenvalue weighted by molar-refractivity contribution is 0.302. The maximum atomic E-state index is 5.57. The van der Waals surface area contributed by atoms with Crippen molar-refractivity contribution in [3.8, 4) is 0 Å². The predicted octanol–water partition coefficient (Wildman–Crippen LogP) is 2.00. The Labute approximate surface area is 93.9 Å². The summed E-state index contributed by atoms with van der Waals surface area (Å²) in [5, 5.41) is 2.61. The minimum Gasteiger partial charge on any atom is -0.375 e. The average Bonchev–Trinajstić information content (AvgIpc) is 2.63. The van der Waals surface area contributed by atoms with Gasteiger partial charge in [-0.25, -0.2) is 4.98 Å². The molecule has 3 nitrogen and oxygen atoms in total. The van der Waals surface area contributed by atoms with Crippen molar-refractivity contribution in [2.45, 2.75) is 12.5 Å². The van der Waals surface area contributed by atoms with E-state index in [-0.39, 0.29) is 0 Å². The number of anilines is 1. The van der Waals surface area contributed by atoms with Gasteiger partial charge >= 0.3 is 0 Å². The average molecular weight is 221 g/mol. The first-order valence-electron chi connectivity index (χ1n) is 5.00. The van der Waals surface area contributed by atoms with Crippen LogP contribution in [-0.4, -0.2) is 29.5 Å². The van der Waals surface area contributed by atoms with E-state index in [1.807, 2.05) is 11.5 Å². The van der Waals surface area contributed by atoms with Gasteiger partial charge in [0.15, 0.2) is 5.13 Å². The second-order valence-electron chi connectivity index (χ2n) is 3.68. The van der Waals surface area contributed by atoms with E-state index in [0.29, 0.717) is 11.2 Å². The van der Waals surface area contributed by atoms with E-state index in [9.17, 15) is 0 Å². The zero-order valence-electron chi connectivity index (χ0n) is 8.76. The minimum absolute atomic E-state index is 0.484. The van der Waals surface area contributed by atoms with Gasteiger partial charge in [-0.1, -0.05) is 18.2 Å². The molecule has 0 bridgehead atoms. The molecule has 0 aliphatic carbocycles. The Balaban J connectivity index is 2.01. The van der Waals surface area contributed by atoms with Gasteiger partial charge in [0.1, 0.15) is 0 Å². The molecule has 4 heteroatoms. The van der Waals surface area contributed by atoms with Gasteiger partial charge in [-0.2, -0.15) is 0 Å². The van der Waals surface area contributed by atoms with Gasteiger partial charge in [-0.3, -0.25) is 4.90 Å². The highest BCUT2D eigenvalue weighted by Gasteiger charge is 2.11. The van der Waals surface area contributed by atoms with Crippen molar-refractivity contribution in [3.05, 3.63) is 29.3 Å². The van der Waals surface area contributed by atoms with Crippen molar-refractivity contribution in [1.29, 1.82) is 0 Å².